The fourth-order valence-electron chi connectivity index (χ4n) is 2.84. The molecule has 104 valence electrons. The Morgan fingerprint density at radius 1 is 1.15 bits per heavy atom. The molecule has 0 unspecified atom stereocenters. The van der Waals surface area contributed by atoms with Crippen molar-refractivity contribution in [2.24, 2.45) is 0 Å². The summed E-state index contributed by atoms with van der Waals surface area (Å²) in [6.45, 7) is 7.66. The molecule has 3 heterocycles. The fourth-order valence-corrected chi connectivity index (χ4v) is 3.61. The van der Waals surface area contributed by atoms with Crippen molar-refractivity contribution in [2.75, 3.05) is 37.6 Å². The second kappa shape index (κ2) is 4.71. The van der Waals surface area contributed by atoms with E-state index in [-0.39, 0.29) is 0 Å². The zero-order valence-electron chi connectivity index (χ0n) is 11.5. The van der Waals surface area contributed by atoms with Gasteiger partial charge in [-0.15, -0.1) is 0 Å². The molecule has 0 bridgehead atoms. The number of likely N-dealkylation sites (N-methyl/N-ethyl adjacent to an activating group) is 1. The molecular weight excluding hydrogens is 270 g/mol. The van der Waals surface area contributed by atoms with Gasteiger partial charge in [-0.25, -0.2) is 4.98 Å². The van der Waals surface area contributed by atoms with Gasteiger partial charge in [0.2, 0.25) is 10.9 Å². The molecule has 1 aromatic carbocycles. The van der Waals surface area contributed by atoms with Crippen molar-refractivity contribution in [1.82, 2.24) is 18.7 Å². The molecule has 0 aliphatic carbocycles. The molecule has 1 saturated heterocycles. The summed E-state index contributed by atoms with van der Waals surface area (Å²) in [5.74, 6) is 1.05. The quantitative estimate of drug-likeness (QED) is 0.723. The van der Waals surface area contributed by atoms with E-state index in [1.54, 1.807) is 0 Å². The van der Waals surface area contributed by atoms with Crippen LogP contribution < -0.4 is 4.90 Å². The minimum Gasteiger partial charge on any atom is -0.339 e. The average molecular weight is 287 g/mol. The molecule has 0 N–H and O–H groups in total. The number of para-hydroxylation sites is 2. The molecule has 0 atom stereocenters. The third kappa shape index (κ3) is 1.79. The molecule has 5 nitrogen and oxygen atoms in total. The lowest BCUT2D eigenvalue weighted by Crippen LogP contribution is -2.46. The highest BCUT2D eigenvalue weighted by atomic mass is 32.1. The topological polar surface area (TPSA) is 36.7 Å². The molecule has 0 radical (unpaired) electrons. The van der Waals surface area contributed by atoms with Crippen LogP contribution in [-0.4, -0.2) is 51.4 Å². The predicted molar refractivity (Wildman–Crippen MR) is 82.7 cm³/mol. The number of benzene rings is 1. The zero-order valence-corrected chi connectivity index (χ0v) is 12.3. The summed E-state index contributed by atoms with van der Waals surface area (Å²) in [5, 5.41) is 0. The van der Waals surface area contributed by atoms with Crippen LogP contribution in [0.3, 0.4) is 0 Å². The van der Waals surface area contributed by atoms with E-state index in [0.29, 0.717) is 0 Å². The maximum Gasteiger partial charge on any atom is 0.223 e. The number of fused-ring (bicyclic) bond motifs is 3. The maximum atomic E-state index is 4.64. The highest BCUT2D eigenvalue weighted by molar-refractivity contribution is 7.11. The van der Waals surface area contributed by atoms with Crippen molar-refractivity contribution in [3.05, 3.63) is 24.3 Å². The van der Waals surface area contributed by atoms with Gasteiger partial charge >= 0.3 is 0 Å². The van der Waals surface area contributed by atoms with E-state index >= 15 is 0 Å². The highest BCUT2D eigenvalue weighted by Crippen LogP contribution is 2.26. The second-order valence-corrected chi connectivity index (χ2v) is 5.85. The Balaban J connectivity index is 1.76. The van der Waals surface area contributed by atoms with Crippen molar-refractivity contribution in [3.8, 4) is 0 Å². The summed E-state index contributed by atoms with van der Waals surface area (Å²) < 4.78 is 6.83. The molecule has 20 heavy (non-hydrogen) atoms. The average Bonchev–Trinajstić information content (AvgIpc) is 3.06. The smallest absolute Gasteiger partial charge is 0.223 e. The lowest BCUT2D eigenvalue weighted by Gasteiger charge is -2.33. The van der Waals surface area contributed by atoms with E-state index in [1.165, 1.54) is 11.5 Å². The van der Waals surface area contributed by atoms with E-state index in [2.05, 4.69) is 48.7 Å². The molecule has 0 spiro atoms. The molecule has 4 rings (SSSR count). The number of hydrogen-bond donors (Lipinski definition) is 0. The van der Waals surface area contributed by atoms with Gasteiger partial charge in [0.25, 0.3) is 0 Å². The number of hydrogen-bond acceptors (Lipinski definition) is 5. The number of piperazine rings is 1. The lowest BCUT2D eigenvalue weighted by molar-refractivity contribution is 0.270. The number of imidazole rings is 1. The fraction of sp³-hybridized carbons (Fsp3) is 0.429. The first-order valence-corrected chi connectivity index (χ1v) is 7.84. The molecule has 1 aliphatic heterocycles. The number of anilines is 1. The lowest BCUT2D eigenvalue weighted by atomic mass is 10.3. The summed E-state index contributed by atoms with van der Waals surface area (Å²) in [6, 6.07) is 8.28. The standard InChI is InChI=1S/C14H17N5S/c1-2-17-7-9-18(10-8-17)13-16-20-14-15-11-5-3-4-6-12(11)19(13)14/h3-6H,2,7-10H2,1H3. The van der Waals surface area contributed by atoms with Gasteiger partial charge in [0.05, 0.1) is 11.0 Å². The largest absolute Gasteiger partial charge is 0.339 e. The van der Waals surface area contributed by atoms with Gasteiger partial charge < -0.3 is 9.80 Å². The Morgan fingerprint density at radius 3 is 2.75 bits per heavy atom. The van der Waals surface area contributed by atoms with E-state index in [0.717, 1.165) is 54.7 Å². The Kier molecular flexibility index (Phi) is 2.85. The van der Waals surface area contributed by atoms with Crippen LogP contribution in [0.15, 0.2) is 24.3 Å². The Bertz CT molecular complexity index is 738. The van der Waals surface area contributed by atoms with E-state index in [9.17, 15) is 0 Å². The molecule has 1 aliphatic rings. The summed E-state index contributed by atoms with van der Waals surface area (Å²) in [7, 11) is 0. The van der Waals surface area contributed by atoms with Gasteiger partial charge in [-0.2, -0.15) is 4.37 Å². The predicted octanol–water partition coefficient (Wildman–Crippen LogP) is 2.09. The minimum atomic E-state index is 0.985. The zero-order chi connectivity index (χ0) is 13.5. The van der Waals surface area contributed by atoms with Crippen LogP contribution in [0.4, 0.5) is 5.95 Å². The Morgan fingerprint density at radius 2 is 1.95 bits per heavy atom. The SMILES string of the molecule is CCN1CCN(c2nsc3nc4ccccc4n23)CC1. The first-order chi connectivity index (χ1) is 9.86. The van der Waals surface area contributed by atoms with Crippen LogP contribution in [0.1, 0.15) is 6.92 Å². The number of rotatable bonds is 2. The molecule has 3 aromatic rings. The van der Waals surface area contributed by atoms with Crippen LogP contribution in [0, 0.1) is 0 Å². The Hall–Kier alpha value is -1.66. The maximum absolute atomic E-state index is 4.64. The van der Waals surface area contributed by atoms with Gasteiger partial charge in [-0.05, 0) is 18.7 Å². The van der Waals surface area contributed by atoms with Gasteiger partial charge in [-0.3, -0.25) is 4.40 Å². The monoisotopic (exact) mass is 287 g/mol. The van der Waals surface area contributed by atoms with Crippen LogP contribution in [-0.2, 0) is 0 Å². The number of nitrogens with zero attached hydrogens (tertiary/aromatic N) is 5. The summed E-state index contributed by atoms with van der Waals surface area (Å²) in [5.41, 5.74) is 2.21. The van der Waals surface area contributed by atoms with Crippen molar-refractivity contribution in [1.29, 1.82) is 0 Å². The first-order valence-electron chi connectivity index (χ1n) is 7.07. The third-order valence-electron chi connectivity index (χ3n) is 4.04. The van der Waals surface area contributed by atoms with Crippen molar-refractivity contribution in [3.63, 3.8) is 0 Å². The van der Waals surface area contributed by atoms with Gasteiger partial charge in [0, 0.05) is 37.7 Å². The second-order valence-electron chi connectivity index (χ2n) is 5.12. The molecule has 0 saturated carbocycles. The summed E-state index contributed by atoms with van der Waals surface area (Å²) >= 11 is 1.49. The number of aromatic nitrogens is 3. The first kappa shape index (κ1) is 12.1. The van der Waals surface area contributed by atoms with E-state index < -0.39 is 0 Å². The van der Waals surface area contributed by atoms with Gasteiger partial charge in [-0.1, -0.05) is 19.1 Å². The van der Waals surface area contributed by atoms with Gasteiger partial charge in [0.1, 0.15) is 0 Å². The van der Waals surface area contributed by atoms with Crippen LogP contribution in [0.2, 0.25) is 0 Å². The van der Waals surface area contributed by atoms with Gasteiger partial charge in [0.15, 0.2) is 0 Å². The van der Waals surface area contributed by atoms with E-state index in [1.807, 2.05) is 6.07 Å². The molecule has 1 fully saturated rings. The highest BCUT2D eigenvalue weighted by Gasteiger charge is 2.21. The molecular formula is C14H17N5S. The molecule has 6 heteroatoms. The minimum absolute atomic E-state index is 0.985. The van der Waals surface area contributed by atoms with Crippen molar-refractivity contribution >= 4 is 33.5 Å². The summed E-state index contributed by atoms with van der Waals surface area (Å²) in [6.07, 6.45) is 0. The van der Waals surface area contributed by atoms with Crippen molar-refractivity contribution in [2.45, 2.75) is 6.92 Å². The van der Waals surface area contributed by atoms with Crippen LogP contribution >= 0.6 is 11.5 Å². The summed E-state index contributed by atoms with van der Waals surface area (Å²) in [4.78, 5) is 10.5. The third-order valence-corrected chi connectivity index (χ3v) is 4.73. The normalized spacial score (nSPS) is 17.4. The van der Waals surface area contributed by atoms with Crippen LogP contribution in [0.25, 0.3) is 16.0 Å². The van der Waals surface area contributed by atoms with Crippen LogP contribution in [0.5, 0.6) is 0 Å². The molecule has 0 amide bonds. The van der Waals surface area contributed by atoms with Crippen molar-refractivity contribution < 1.29 is 0 Å². The Labute approximate surface area is 121 Å². The molecule has 2 aromatic heterocycles. The van der Waals surface area contributed by atoms with E-state index in [4.69, 9.17) is 0 Å².